The van der Waals surface area contributed by atoms with Crippen molar-refractivity contribution >= 4 is 11.8 Å². The van der Waals surface area contributed by atoms with Crippen molar-refractivity contribution in [3.63, 3.8) is 0 Å². The van der Waals surface area contributed by atoms with Crippen molar-refractivity contribution in [2.75, 3.05) is 19.7 Å². The van der Waals surface area contributed by atoms with Gasteiger partial charge in [0.1, 0.15) is 12.3 Å². The van der Waals surface area contributed by atoms with Crippen LogP contribution in [0.15, 0.2) is 18.2 Å². The topological polar surface area (TPSA) is 72.6 Å². The Bertz CT molecular complexity index is 601. The largest absolute Gasteiger partial charge is 0.484 e. The third kappa shape index (κ3) is 6.47. The molecule has 0 radical (unpaired) electrons. The Balaban J connectivity index is 2.74. The van der Waals surface area contributed by atoms with Crippen LogP contribution in [0.4, 0.5) is 13.2 Å². The standard InChI is InChI=1S/C16H21F3N2O3/c1-10(2)7-21(9-16(17,18)19)14(22)8-24-12-4-5-13(15(20)23)11(3)6-12/h4-6,10H,7-9H2,1-3H3,(H2,20,23). The Kier molecular flexibility index (Phi) is 6.62. The lowest BCUT2D eigenvalue weighted by Crippen LogP contribution is -2.43. The van der Waals surface area contributed by atoms with E-state index in [2.05, 4.69) is 0 Å². The van der Waals surface area contributed by atoms with E-state index < -0.39 is 31.1 Å². The number of aryl methyl sites for hydroxylation is 1. The molecular weight excluding hydrogens is 325 g/mol. The molecule has 0 fully saturated rings. The highest BCUT2D eigenvalue weighted by atomic mass is 19.4. The molecule has 0 aromatic heterocycles. The van der Waals surface area contributed by atoms with Gasteiger partial charge in [0.25, 0.3) is 5.91 Å². The minimum Gasteiger partial charge on any atom is -0.484 e. The molecule has 2 N–H and O–H groups in total. The Labute approximate surface area is 138 Å². The molecule has 0 aliphatic heterocycles. The van der Waals surface area contributed by atoms with Gasteiger partial charge in [-0.05, 0) is 36.6 Å². The number of primary amides is 1. The van der Waals surface area contributed by atoms with E-state index >= 15 is 0 Å². The molecule has 1 aromatic carbocycles. The van der Waals surface area contributed by atoms with Gasteiger partial charge in [0.05, 0.1) is 0 Å². The van der Waals surface area contributed by atoms with Crippen molar-refractivity contribution in [2.24, 2.45) is 11.7 Å². The van der Waals surface area contributed by atoms with Crippen molar-refractivity contribution in [2.45, 2.75) is 26.9 Å². The van der Waals surface area contributed by atoms with Gasteiger partial charge in [-0.15, -0.1) is 0 Å². The summed E-state index contributed by atoms with van der Waals surface area (Å²) in [6.45, 7) is 3.25. The summed E-state index contributed by atoms with van der Waals surface area (Å²) >= 11 is 0. The summed E-state index contributed by atoms with van der Waals surface area (Å²) in [6.07, 6.45) is -4.47. The van der Waals surface area contributed by atoms with Gasteiger partial charge in [-0.25, -0.2) is 0 Å². The van der Waals surface area contributed by atoms with E-state index in [1.807, 2.05) is 0 Å². The number of halogens is 3. The zero-order valence-corrected chi connectivity index (χ0v) is 13.8. The van der Waals surface area contributed by atoms with Gasteiger partial charge in [-0.1, -0.05) is 13.8 Å². The second-order valence-electron chi connectivity index (χ2n) is 5.91. The van der Waals surface area contributed by atoms with Crippen LogP contribution >= 0.6 is 0 Å². The molecule has 8 heteroatoms. The maximum atomic E-state index is 12.6. The zero-order valence-electron chi connectivity index (χ0n) is 13.8. The molecule has 2 amide bonds. The summed E-state index contributed by atoms with van der Waals surface area (Å²) in [4.78, 5) is 23.9. The highest BCUT2D eigenvalue weighted by molar-refractivity contribution is 5.94. The molecule has 5 nitrogen and oxygen atoms in total. The number of amides is 2. The van der Waals surface area contributed by atoms with Crippen LogP contribution in [0, 0.1) is 12.8 Å². The average molecular weight is 346 g/mol. The highest BCUT2D eigenvalue weighted by Gasteiger charge is 2.33. The van der Waals surface area contributed by atoms with Gasteiger partial charge in [-0.2, -0.15) is 13.2 Å². The molecule has 24 heavy (non-hydrogen) atoms. The normalized spacial score (nSPS) is 11.5. The van der Waals surface area contributed by atoms with Crippen LogP contribution in [0.3, 0.4) is 0 Å². The fourth-order valence-electron chi connectivity index (χ4n) is 2.15. The van der Waals surface area contributed by atoms with Crippen LogP contribution in [0.2, 0.25) is 0 Å². The first-order valence-corrected chi connectivity index (χ1v) is 7.37. The number of hydrogen-bond donors (Lipinski definition) is 1. The third-order valence-electron chi connectivity index (χ3n) is 3.13. The Morgan fingerprint density at radius 2 is 1.92 bits per heavy atom. The van der Waals surface area contributed by atoms with Crippen LogP contribution in [0.25, 0.3) is 0 Å². The second kappa shape index (κ2) is 8.03. The number of nitrogens with zero attached hydrogens (tertiary/aromatic N) is 1. The fourth-order valence-corrected chi connectivity index (χ4v) is 2.15. The first-order valence-electron chi connectivity index (χ1n) is 7.37. The van der Waals surface area contributed by atoms with Gasteiger partial charge in [0, 0.05) is 12.1 Å². The van der Waals surface area contributed by atoms with E-state index in [1.54, 1.807) is 20.8 Å². The van der Waals surface area contributed by atoms with Crippen LogP contribution in [-0.2, 0) is 4.79 Å². The number of carbonyl (C=O) groups excluding carboxylic acids is 2. The van der Waals surface area contributed by atoms with E-state index in [0.717, 1.165) is 4.90 Å². The summed E-state index contributed by atoms with van der Waals surface area (Å²) < 4.78 is 43.0. The summed E-state index contributed by atoms with van der Waals surface area (Å²) in [6, 6.07) is 4.39. The molecule has 0 atom stereocenters. The van der Waals surface area contributed by atoms with Crippen molar-refractivity contribution in [1.29, 1.82) is 0 Å². The maximum absolute atomic E-state index is 12.6. The fraction of sp³-hybridized carbons (Fsp3) is 0.500. The molecule has 134 valence electrons. The first kappa shape index (κ1) is 19.8. The van der Waals surface area contributed by atoms with Crippen LogP contribution < -0.4 is 10.5 Å². The predicted octanol–water partition coefficient (Wildman–Crippen LogP) is 2.52. The average Bonchev–Trinajstić information content (AvgIpc) is 2.41. The second-order valence-corrected chi connectivity index (χ2v) is 5.91. The SMILES string of the molecule is Cc1cc(OCC(=O)N(CC(C)C)CC(F)(F)F)ccc1C(N)=O. The summed E-state index contributed by atoms with van der Waals surface area (Å²) in [5.41, 5.74) is 6.05. The lowest BCUT2D eigenvalue weighted by atomic mass is 10.1. The Morgan fingerprint density at radius 3 is 2.38 bits per heavy atom. The highest BCUT2D eigenvalue weighted by Crippen LogP contribution is 2.19. The van der Waals surface area contributed by atoms with Gasteiger partial charge >= 0.3 is 6.18 Å². The third-order valence-corrected chi connectivity index (χ3v) is 3.13. The minimum atomic E-state index is -4.47. The van der Waals surface area contributed by atoms with E-state index in [4.69, 9.17) is 10.5 Å². The lowest BCUT2D eigenvalue weighted by molar-refractivity contribution is -0.163. The molecule has 1 rings (SSSR count). The van der Waals surface area contributed by atoms with Crippen molar-refractivity contribution in [3.8, 4) is 5.75 Å². The predicted molar refractivity (Wildman–Crippen MR) is 82.7 cm³/mol. The van der Waals surface area contributed by atoms with E-state index in [1.165, 1.54) is 18.2 Å². The van der Waals surface area contributed by atoms with Crippen LogP contribution in [0.5, 0.6) is 5.75 Å². The first-order chi connectivity index (χ1) is 11.0. The molecule has 0 spiro atoms. The summed E-state index contributed by atoms with van der Waals surface area (Å²) in [5, 5.41) is 0. The number of hydrogen-bond acceptors (Lipinski definition) is 3. The molecule has 0 saturated carbocycles. The van der Waals surface area contributed by atoms with Crippen molar-refractivity contribution < 1.29 is 27.5 Å². The molecule has 0 heterocycles. The van der Waals surface area contributed by atoms with Gasteiger partial charge < -0.3 is 15.4 Å². The number of benzene rings is 1. The quantitative estimate of drug-likeness (QED) is 0.824. The summed E-state index contributed by atoms with van der Waals surface area (Å²) in [5.74, 6) is -1.17. The number of nitrogens with two attached hydrogens (primary N) is 1. The molecule has 0 bridgehead atoms. The Hall–Kier alpha value is -2.25. The molecule has 0 unspecified atom stereocenters. The lowest BCUT2D eigenvalue weighted by Gasteiger charge is -2.25. The van der Waals surface area contributed by atoms with Gasteiger partial charge in [-0.3, -0.25) is 9.59 Å². The van der Waals surface area contributed by atoms with Crippen molar-refractivity contribution in [1.82, 2.24) is 4.90 Å². The number of alkyl halides is 3. The number of ether oxygens (including phenoxy) is 1. The molecule has 0 saturated heterocycles. The minimum absolute atomic E-state index is 0.0126. The summed E-state index contributed by atoms with van der Waals surface area (Å²) in [7, 11) is 0. The number of carbonyl (C=O) groups is 2. The van der Waals surface area contributed by atoms with E-state index in [0.29, 0.717) is 11.1 Å². The molecule has 0 aliphatic rings. The van der Waals surface area contributed by atoms with Gasteiger partial charge in [0.15, 0.2) is 6.61 Å². The van der Waals surface area contributed by atoms with Crippen molar-refractivity contribution in [3.05, 3.63) is 29.3 Å². The number of rotatable bonds is 7. The van der Waals surface area contributed by atoms with Crippen LogP contribution in [-0.4, -0.2) is 42.6 Å². The molecule has 1 aromatic rings. The van der Waals surface area contributed by atoms with Gasteiger partial charge in [0.2, 0.25) is 5.91 Å². The maximum Gasteiger partial charge on any atom is 0.406 e. The Morgan fingerprint density at radius 1 is 1.29 bits per heavy atom. The van der Waals surface area contributed by atoms with E-state index in [9.17, 15) is 22.8 Å². The molecular formula is C16H21F3N2O3. The zero-order chi connectivity index (χ0) is 18.5. The smallest absolute Gasteiger partial charge is 0.406 e. The van der Waals surface area contributed by atoms with Crippen LogP contribution in [0.1, 0.15) is 29.8 Å². The van der Waals surface area contributed by atoms with E-state index in [-0.39, 0.29) is 18.2 Å². The monoisotopic (exact) mass is 346 g/mol. The molecule has 0 aliphatic carbocycles.